The quantitative estimate of drug-likeness (QED) is 0.787. The van der Waals surface area contributed by atoms with Gasteiger partial charge < -0.3 is 19.9 Å². The van der Waals surface area contributed by atoms with Crippen molar-refractivity contribution in [3.05, 3.63) is 58.1 Å². The fourth-order valence-electron chi connectivity index (χ4n) is 4.22. The first-order valence-corrected chi connectivity index (χ1v) is 10.7. The number of benzene rings is 1. The highest BCUT2D eigenvalue weighted by molar-refractivity contribution is 6.34. The van der Waals surface area contributed by atoms with Crippen LogP contribution in [-0.2, 0) is 11.2 Å². The van der Waals surface area contributed by atoms with Crippen molar-refractivity contribution in [3.63, 3.8) is 0 Å². The number of halogens is 1. The fraction of sp³-hybridized carbons (Fsp3) is 0.409. The molecule has 2 aliphatic carbocycles. The molecule has 7 nitrogen and oxygen atoms in total. The number of carbonyl (C=O) groups is 2. The summed E-state index contributed by atoms with van der Waals surface area (Å²) in [6.07, 6.45) is 6.79. The van der Waals surface area contributed by atoms with Crippen LogP contribution in [0.1, 0.15) is 46.6 Å². The first kappa shape index (κ1) is 19.3. The number of allylic oxidation sites excluding steroid dienone is 1. The van der Waals surface area contributed by atoms with Gasteiger partial charge in [0.25, 0.3) is 11.8 Å². The third kappa shape index (κ3) is 3.32. The fourth-order valence-corrected chi connectivity index (χ4v) is 4.48. The topological polar surface area (TPSA) is 89.5 Å². The molecule has 156 valence electrons. The molecule has 2 aromatic rings. The maximum absolute atomic E-state index is 13.0. The van der Waals surface area contributed by atoms with Gasteiger partial charge in [-0.25, -0.2) is 4.98 Å². The second kappa shape index (κ2) is 7.25. The van der Waals surface area contributed by atoms with Gasteiger partial charge in [0.05, 0.1) is 22.6 Å². The van der Waals surface area contributed by atoms with Crippen LogP contribution in [0.3, 0.4) is 0 Å². The van der Waals surface area contributed by atoms with Gasteiger partial charge in [-0.3, -0.25) is 9.59 Å². The number of carbonyl (C=O) groups excluding carboxylic acids is 2. The number of amides is 2. The van der Waals surface area contributed by atoms with Gasteiger partial charge in [0.15, 0.2) is 0 Å². The Morgan fingerprint density at radius 2 is 1.87 bits per heavy atom. The molecule has 0 radical (unpaired) electrons. The van der Waals surface area contributed by atoms with Crippen LogP contribution in [0.25, 0.3) is 5.57 Å². The summed E-state index contributed by atoms with van der Waals surface area (Å²) < 4.78 is 0. The van der Waals surface area contributed by atoms with E-state index in [0.29, 0.717) is 49.6 Å². The summed E-state index contributed by atoms with van der Waals surface area (Å²) in [7, 11) is 0. The summed E-state index contributed by atoms with van der Waals surface area (Å²) >= 11 is 6.51. The lowest BCUT2D eigenvalue weighted by molar-refractivity contribution is -0.143. The molecule has 1 aromatic carbocycles. The van der Waals surface area contributed by atoms with E-state index in [2.05, 4.69) is 16.0 Å². The Balaban J connectivity index is 1.29. The number of hydrogen-bond acceptors (Lipinski definition) is 4. The molecule has 0 spiro atoms. The SMILES string of the molecule is O=C(c1ccc(C2=CCCc3[nH]cnc32)cc1Cl)N1CCN(C(=O)C2(O)CC2)CC1. The van der Waals surface area contributed by atoms with Crippen molar-refractivity contribution < 1.29 is 14.7 Å². The van der Waals surface area contributed by atoms with Crippen LogP contribution in [0.5, 0.6) is 0 Å². The Morgan fingerprint density at radius 1 is 1.13 bits per heavy atom. The molecule has 2 amide bonds. The normalized spacial score (nSPS) is 19.9. The van der Waals surface area contributed by atoms with Crippen LogP contribution in [0.2, 0.25) is 5.02 Å². The van der Waals surface area contributed by atoms with Gasteiger partial charge in [-0.1, -0.05) is 23.7 Å². The van der Waals surface area contributed by atoms with Gasteiger partial charge in [0.1, 0.15) is 5.60 Å². The van der Waals surface area contributed by atoms with Gasteiger partial charge in [0.2, 0.25) is 0 Å². The number of aromatic amines is 1. The molecule has 5 rings (SSSR count). The predicted molar refractivity (Wildman–Crippen MR) is 112 cm³/mol. The number of nitrogens with one attached hydrogen (secondary N) is 1. The Hall–Kier alpha value is -2.64. The summed E-state index contributed by atoms with van der Waals surface area (Å²) in [5.74, 6) is -0.350. The van der Waals surface area contributed by atoms with E-state index in [0.717, 1.165) is 35.4 Å². The van der Waals surface area contributed by atoms with Gasteiger partial charge in [-0.05, 0) is 43.4 Å². The minimum Gasteiger partial charge on any atom is -0.380 e. The number of hydrogen-bond donors (Lipinski definition) is 2. The number of fused-ring (bicyclic) bond motifs is 1. The molecule has 1 aromatic heterocycles. The molecule has 2 heterocycles. The number of rotatable bonds is 3. The molecule has 0 bridgehead atoms. The van der Waals surface area contributed by atoms with Crippen LogP contribution < -0.4 is 0 Å². The number of piperazine rings is 1. The number of aromatic nitrogens is 2. The first-order chi connectivity index (χ1) is 14.5. The molecule has 2 N–H and O–H groups in total. The second-order valence-electron chi connectivity index (χ2n) is 8.20. The van der Waals surface area contributed by atoms with Gasteiger partial charge in [-0.15, -0.1) is 0 Å². The molecule has 1 saturated carbocycles. The van der Waals surface area contributed by atoms with Gasteiger partial charge in [0, 0.05) is 37.4 Å². The molecule has 0 atom stereocenters. The third-order valence-electron chi connectivity index (χ3n) is 6.20. The standard InChI is InChI=1S/C22H23ClN4O3/c23-17-12-14(15-2-1-3-18-19(15)25-13-24-18)4-5-16(17)20(28)26-8-10-27(11-9-26)21(29)22(30)6-7-22/h2,4-5,12-13,30H,1,3,6-11H2,(H,24,25). The van der Waals surface area contributed by atoms with Gasteiger partial charge in [-0.2, -0.15) is 0 Å². The number of H-pyrrole nitrogens is 1. The average molecular weight is 427 g/mol. The van der Waals surface area contributed by atoms with Crippen LogP contribution in [0.4, 0.5) is 0 Å². The molecular formula is C22H23ClN4O3. The van der Waals surface area contributed by atoms with Crippen molar-refractivity contribution in [1.82, 2.24) is 19.8 Å². The predicted octanol–water partition coefficient (Wildman–Crippen LogP) is 2.25. The third-order valence-corrected chi connectivity index (χ3v) is 6.52. The van der Waals surface area contributed by atoms with Crippen molar-refractivity contribution in [3.8, 4) is 0 Å². The van der Waals surface area contributed by atoms with Crippen LogP contribution in [0.15, 0.2) is 30.6 Å². The number of imidazole rings is 1. The molecule has 2 fully saturated rings. The minimum absolute atomic E-state index is 0.137. The lowest BCUT2D eigenvalue weighted by Gasteiger charge is -2.36. The molecule has 3 aliphatic rings. The van der Waals surface area contributed by atoms with Crippen molar-refractivity contribution in [2.24, 2.45) is 0 Å². The summed E-state index contributed by atoms with van der Waals surface area (Å²) in [4.78, 5) is 36.3. The maximum Gasteiger partial charge on any atom is 0.255 e. The summed E-state index contributed by atoms with van der Waals surface area (Å²) in [6, 6.07) is 5.51. The van der Waals surface area contributed by atoms with Crippen LogP contribution >= 0.6 is 11.6 Å². The zero-order chi connectivity index (χ0) is 20.9. The summed E-state index contributed by atoms with van der Waals surface area (Å²) in [6.45, 7) is 1.72. The van der Waals surface area contributed by atoms with Crippen LogP contribution in [-0.4, -0.2) is 68.5 Å². The smallest absolute Gasteiger partial charge is 0.255 e. The molecule has 1 aliphatic heterocycles. The molecule has 8 heteroatoms. The van der Waals surface area contributed by atoms with Crippen molar-refractivity contribution in [2.75, 3.05) is 26.2 Å². The van der Waals surface area contributed by atoms with E-state index in [1.807, 2.05) is 12.1 Å². The van der Waals surface area contributed by atoms with Crippen molar-refractivity contribution in [1.29, 1.82) is 0 Å². The average Bonchev–Trinajstić information content (AvgIpc) is 3.33. The minimum atomic E-state index is -1.16. The van der Waals surface area contributed by atoms with E-state index >= 15 is 0 Å². The largest absolute Gasteiger partial charge is 0.380 e. The maximum atomic E-state index is 13.0. The highest BCUT2D eigenvalue weighted by Crippen LogP contribution is 2.37. The lowest BCUT2D eigenvalue weighted by atomic mass is 9.93. The Kier molecular flexibility index (Phi) is 4.67. The van der Waals surface area contributed by atoms with E-state index in [-0.39, 0.29) is 11.8 Å². The monoisotopic (exact) mass is 426 g/mol. The van der Waals surface area contributed by atoms with E-state index in [9.17, 15) is 14.7 Å². The first-order valence-electron chi connectivity index (χ1n) is 10.3. The van der Waals surface area contributed by atoms with E-state index in [1.165, 1.54) is 0 Å². The number of aryl methyl sites for hydroxylation is 1. The molecule has 1 saturated heterocycles. The van der Waals surface area contributed by atoms with E-state index in [4.69, 9.17) is 11.6 Å². The van der Waals surface area contributed by atoms with E-state index < -0.39 is 5.60 Å². The number of nitrogens with zero attached hydrogens (tertiary/aromatic N) is 3. The Bertz CT molecular complexity index is 1050. The Labute approximate surface area is 179 Å². The zero-order valence-electron chi connectivity index (χ0n) is 16.5. The highest BCUT2D eigenvalue weighted by Gasteiger charge is 2.50. The summed E-state index contributed by atoms with van der Waals surface area (Å²) in [5, 5.41) is 10.4. The molecular weight excluding hydrogens is 404 g/mol. The highest BCUT2D eigenvalue weighted by atomic mass is 35.5. The lowest BCUT2D eigenvalue weighted by Crippen LogP contribution is -2.53. The Morgan fingerprint density at radius 3 is 2.57 bits per heavy atom. The van der Waals surface area contributed by atoms with E-state index in [1.54, 1.807) is 22.2 Å². The second-order valence-corrected chi connectivity index (χ2v) is 8.60. The van der Waals surface area contributed by atoms with Crippen molar-refractivity contribution in [2.45, 2.75) is 31.3 Å². The molecule has 30 heavy (non-hydrogen) atoms. The zero-order valence-corrected chi connectivity index (χ0v) is 17.3. The van der Waals surface area contributed by atoms with Gasteiger partial charge >= 0.3 is 0 Å². The number of aliphatic hydroxyl groups is 1. The summed E-state index contributed by atoms with van der Waals surface area (Å²) in [5.41, 5.74) is 3.33. The van der Waals surface area contributed by atoms with Crippen LogP contribution in [0, 0.1) is 0 Å². The van der Waals surface area contributed by atoms with Crippen molar-refractivity contribution >= 4 is 29.0 Å². The molecule has 0 unspecified atom stereocenters.